The maximum Gasteiger partial charge on any atom is 0.328 e. The number of ether oxygens (including phenoxy) is 2. The number of hydrogen-bond acceptors (Lipinski definition) is 6. The van der Waals surface area contributed by atoms with E-state index in [-0.39, 0.29) is 6.42 Å². The van der Waals surface area contributed by atoms with Crippen LogP contribution in [0.5, 0.6) is 11.5 Å². The van der Waals surface area contributed by atoms with Gasteiger partial charge in [-0.25, -0.2) is 9.80 Å². The molecule has 2 amide bonds. The largest absolute Gasteiger partial charge is 0.497 e. The predicted molar refractivity (Wildman–Crippen MR) is 111 cm³/mol. The molecule has 0 aliphatic carbocycles. The van der Waals surface area contributed by atoms with Crippen LogP contribution >= 0.6 is 0 Å². The van der Waals surface area contributed by atoms with Gasteiger partial charge in [-0.2, -0.15) is 5.10 Å². The number of para-hydroxylation sites is 1. The molecular formula is C22H19N3O6. The van der Waals surface area contributed by atoms with Crippen LogP contribution in [-0.2, 0) is 19.9 Å². The fraction of sp³-hybridized carbons (Fsp3) is 0.182. The minimum absolute atomic E-state index is 0.0754. The maximum absolute atomic E-state index is 13.2. The third kappa shape index (κ3) is 3.20. The molecule has 0 saturated heterocycles. The molecule has 0 saturated carbocycles. The number of amides is 2. The molecule has 0 fully saturated rings. The van der Waals surface area contributed by atoms with E-state index >= 15 is 0 Å². The molecule has 158 valence electrons. The molecule has 0 radical (unpaired) electrons. The lowest BCUT2D eigenvalue weighted by Gasteiger charge is -2.29. The standard InChI is InChI=1S/C22H19N3O6/c1-30-13-7-8-18(31-2)14(11-13)17-12-22(25(24-17)19(26)9-10-20(27)28)15-5-3-4-6-16(15)23-21(22)29/h3-11H,12H2,1-2H3,(H,23,29)(H,27,28)/b10-9+/t22-/m1/s1. The molecule has 0 bridgehead atoms. The van der Waals surface area contributed by atoms with E-state index in [0.717, 1.165) is 11.1 Å². The summed E-state index contributed by atoms with van der Waals surface area (Å²) in [6.45, 7) is 0. The number of carboxylic acid groups (broad SMARTS) is 1. The number of fused-ring (bicyclic) bond motifs is 2. The quantitative estimate of drug-likeness (QED) is 0.715. The van der Waals surface area contributed by atoms with E-state index in [0.29, 0.717) is 40.1 Å². The Labute approximate surface area is 177 Å². The van der Waals surface area contributed by atoms with Crippen LogP contribution in [0.15, 0.2) is 59.7 Å². The molecule has 2 heterocycles. The molecule has 1 spiro atoms. The monoisotopic (exact) mass is 421 g/mol. The number of benzene rings is 2. The lowest BCUT2D eigenvalue weighted by molar-refractivity contribution is -0.140. The number of anilines is 1. The Kier molecular flexibility index (Phi) is 4.94. The van der Waals surface area contributed by atoms with Crippen LogP contribution < -0.4 is 14.8 Å². The van der Waals surface area contributed by atoms with Gasteiger partial charge in [-0.1, -0.05) is 18.2 Å². The van der Waals surface area contributed by atoms with Crippen LogP contribution in [0.1, 0.15) is 17.5 Å². The Morgan fingerprint density at radius 1 is 1.16 bits per heavy atom. The molecule has 1 atom stereocenters. The van der Waals surface area contributed by atoms with Gasteiger partial charge in [-0.05, 0) is 24.3 Å². The normalized spacial score (nSPS) is 19.4. The zero-order valence-corrected chi connectivity index (χ0v) is 16.8. The molecule has 2 aliphatic rings. The summed E-state index contributed by atoms with van der Waals surface area (Å²) in [7, 11) is 3.03. The number of nitrogens with zero attached hydrogens (tertiary/aromatic N) is 2. The molecule has 9 heteroatoms. The summed E-state index contributed by atoms with van der Waals surface area (Å²) in [6, 6.07) is 12.2. The third-order valence-corrected chi connectivity index (χ3v) is 5.30. The van der Waals surface area contributed by atoms with E-state index in [1.165, 1.54) is 14.2 Å². The van der Waals surface area contributed by atoms with Crippen molar-refractivity contribution < 1.29 is 29.0 Å². The number of carbonyl (C=O) groups excluding carboxylic acids is 2. The Morgan fingerprint density at radius 2 is 1.94 bits per heavy atom. The van der Waals surface area contributed by atoms with Crippen LogP contribution in [0.25, 0.3) is 0 Å². The summed E-state index contributed by atoms with van der Waals surface area (Å²) in [5.41, 5.74) is 0.704. The van der Waals surface area contributed by atoms with Crippen molar-refractivity contribution in [2.45, 2.75) is 12.0 Å². The van der Waals surface area contributed by atoms with Crippen LogP contribution in [-0.4, -0.2) is 47.8 Å². The minimum Gasteiger partial charge on any atom is -0.497 e. The van der Waals surface area contributed by atoms with E-state index in [4.69, 9.17) is 14.6 Å². The minimum atomic E-state index is -1.44. The summed E-state index contributed by atoms with van der Waals surface area (Å²) in [6.07, 6.45) is 1.67. The van der Waals surface area contributed by atoms with Crippen molar-refractivity contribution in [3.05, 3.63) is 65.7 Å². The lowest BCUT2D eigenvalue weighted by atomic mass is 9.84. The van der Waals surface area contributed by atoms with E-state index < -0.39 is 23.3 Å². The van der Waals surface area contributed by atoms with Crippen LogP contribution in [0, 0.1) is 0 Å². The fourth-order valence-corrected chi connectivity index (χ4v) is 3.88. The van der Waals surface area contributed by atoms with E-state index in [1.807, 2.05) is 0 Å². The summed E-state index contributed by atoms with van der Waals surface area (Å²) < 4.78 is 10.7. The van der Waals surface area contributed by atoms with Gasteiger partial charge in [0.2, 0.25) is 0 Å². The molecule has 0 aromatic heterocycles. The Bertz CT molecular complexity index is 1160. The van der Waals surface area contributed by atoms with Crippen LogP contribution in [0.3, 0.4) is 0 Å². The average Bonchev–Trinajstić information content (AvgIpc) is 3.31. The van der Waals surface area contributed by atoms with Gasteiger partial charge in [-0.3, -0.25) is 9.59 Å². The van der Waals surface area contributed by atoms with Crippen molar-refractivity contribution in [2.24, 2.45) is 5.10 Å². The highest BCUT2D eigenvalue weighted by Gasteiger charge is 2.57. The van der Waals surface area contributed by atoms with Crippen molar-refractivity contribution in [1.29, 1.82) is 0 Å². The Hall–Kier alpha value is -4.14. The van der Waals surface area contributed by atoms with Gasteiger partial charge in [0, 0.05) is 35.4 Å². The second-order valence-electron chi connectivity index (χ2n) is 6.97. The highest BCUT2D eigenvalue weighted by Crippen LogP contribution is 2.48. The summed E-state index contributed by atoms with van der Waals surface area (Å²) >= 11 is 0. The SMILES string of the molecule is COc1ccc(OC)c(C2=NN(C(=O)/C=C/C(=O)O)[C@@]3(C2)C(=O)Nc2ccccc23)c1. The molecule has 4 rings (SSSR count). The van der Waals surface area contributed by atoms with Crippen molar-refractivity contribution in [2.75, 3.05) is 19.5 Å². The van der Waals surface area contributed by atoms with Gasteiger partial charge in [0.05, 0.1) is 19.9 Å². The summed E-state index contributed by atoms with van der Waals surface area (Å²) in [5, 5.41) is 17.2. The van der Waals surface area contributed by atoms with E-state index in [2.05, 4.69) is 10.4 Å². The predicted octanol–water partition coefficient (Wildman–Crippen LogP) is 2.13. The number of carbonyl (C=O) groups is 3. The van der Waals surface area contributed by atoms with Crippen molar-refractivity contribution in [3.63, 3.8) is 0 Å². The first-order valence-corrected chi connectivity index (χ1v) is 9.36. The lowest BCUT2D eigenvalue weighted by Crippen LogP contribution is -2.48. The van der Waals surface area contributed by atoms with Crippen molar-refractivity contribution in [3.8, 4) is 11.5 Å². The van der Waals surface area contributed by atoms with Gasteiger partial charge in [-0.15, -0.1) is 0 Å². The molecule has 2 aliphatic heterocycles. The number of nitrogens with one attached hydrogen (secondary N) is 1. The first kappa shape index (κ1) is 20.1. The molecule has 2 aromatic carbocycles. The number of carboxylic acids is 1. The first-order valence-electron chi connectivity index (χ1n) is 9.36. The summed E-state index contributed by atoms with van der Waals surface area (Å²) in [4.78, 5) is 37.1. The molecule has 2 aromatic rings. The Morgan fingerprint density at radius 3 is 2.65 bits per heavy atom. The highest BCUT2D eigenvalue weighted by molar-refractivity contribution is 6.16. The Balaban J connectivity index is 1.88. The zero-order valence-electron chi connectivity index (χ0n) is 16.8. The second-order valence-corrected chi connectivity index (χ2v) is 6.97. The second kappa shape index (κ2) is 7.60. The number of hydrogen-bond donors (Lipinski definition) is 2. The maximum atomic E-state index is 13.2. The van der Waals surface area contributed by atoms with Gasteiger partial charge < -0.3 is 19.9 Å². The van der Waals surface area contributed by atoms with Crippen LogP contribution in [0.2, 0.25) is 0 Å². The number of hydrazone groups is 1. The van der Waals surface area contributed by atoms with Gasteiger partial charge in [0.15, 0.2) is 5.54 Å². The molecule has 0 unspecified atom stereocenters. The van der Waals surface area contributed by atoms with Gasteiger partial charge in [0.25, 0.3) is 11.8 Å². The number of rotatable bonds is 5. The number of methoxy groups -OCH3 is 2. The van der Waals surface area contributed by atoms with Crippen molar-refractivity contribution in [1.82, 2.24) is 5.01 Å². The molecule has 9 nitrogen and oxygen atoms in total. The number of aliphatic carboxylic acids is 1. The van der Waals surface area contributed by atoms with Gasteiger partial charge >= 0.3 is 5.97 Å². The van der Waals surface area contributed by atoms with Gasteiger partial charge in [0.1, 0.15) is 11.5 Å². The molecule has 31 heavy (non-hydrogen) atoms. The summed E-state index contributed by atoms with van der Waals surface area (Å²) in [5.74, 6) is -1.38. The van der Waals surface area contributed by atoms with E-state index in [9.17, 15) is 14.4 Å². The topological polar surface area (TPSA) is 118 Å². The average molecular weight is 421 g/mol. The fourth-order valence-electron chi connectivity index (χ4n) is 3.88. The van der Waals surface area contributed by atoms with Crippen molar-refractivity contribution >= 4 is 29.2 Å². The molecule has 2 N–H and O–H groups in total. The van der Waals surface area contributed by atoms with Crippen LogP contribution in [0.4, 0.5) is 5.69 Å². The third-order valence-electron chi connectivity index (χ3n) is 5.30. The smallest absolute Gasteiger partial charge is 0.328 e. The van der Waals surface area contributed by atoms with E-state index in [1.54, 1.807) is 42.5 Å². The highest BCUT2D eigenvalue weighted by atomic mass is 16.5. The zero-order chi connectivity index (χ0) is 22.2. The molecular weight excluding hydrogens is 402 g/mol. The first-order chi connectivity index (χ1) is 14.9.